The molecular weight excluding hydrogens is 121 g/mol. The normalized spacial score (nSPS) is 14.6. The summed E-state index contributed by atoms with van der Waals surface area (Å²) in [7, 11) is 5.74. The average Bonchev–Trinajstić information content (AvgIpc) is 2.36. The van der Waals surface area contributed by atoms with Crippen molar-refractivity contribution in [3.63, 3.8) is 0 Å². The van der Waals surface area contributed by atoms with E-state index in [-0.39, 0.29) is 6.74 Å². The number of nitrogens with zero attached hydrogens (tertiary/aromatic N) is 2. The van der Waals surface area contributed by atoms with Crippen molar-refractivity contribution in [2.45, 2.75) is 6.32 Å². The minimum atomic E-state index is 0.0370. The summed E-state index contributed by atoms with van der Waals surface area (Å²) in [6, 6.07) is 1.95. The summed E-state index contributed by atoms with van der Waals surface area (Å²) in [5, 5.41) is 4.08. The van der Waals surface area contributed by atoms with Gasteiger partial charge in [-0.05, 0) is 0 Å². The van der Waals surface area contributed by atoms with Gasteiger partial charge in [0.1, 0.15) is 0 Å². The molecule has 0 unspecified atom stereocenters. The van der Waals surface area contributed by atoms with Gasteiger partial charge in [0, 0.05) is 0 Å². The predicted molar refractivity (Wildman–Crippen MR) is 45.4 cm³/mol. The third kappa shape index (κ3) is 0.771. The Labute approximate surface area is 62.0 Å². The molecule has 1 aliphatic rings. The molecule has 2 radical (unpaired) electrons. The quantitative estimate of drug-likeness (QED) is 0.388. The second kappa shape index (κ2) is 2.15. The molecule has 0 aliphatic carbocycles. The molecule has 0 N–H and O–H groups in total. The molecular formula is C5H5B3N2. The molecule has 2 rings (SSSR count). The number of aromatic nitrogens is 2. The van der Waals surface area contributed by atoms with E-state index in [1.807, 2.05) is 17.6 Å². The number of rotatable bonds is 0. The summed E-state index contributed by atoms with van der Waals surface area (Å²) in [6.45, 7) is 2.08. The number of hydrogen-bond acceptors (Lipinski definition) is 1. The van der Waals surface area contributed by atoms with Crippen molar-refractivity contribution in [2.75, 3.05) is 0 Å². The van der Waals surface area contributed by atoms with E-state index in [0.29, 0.717) is 0 Å². The van der Waals surface area contributed by atoms with Gasteiger partial charge in [0.2, 0.25) is 0 Å². The Bertz CT molecular complexity index is 268. The van der Waals surface area contributed by atoms with Crippen molar-refractivity contribution in [3.8, 4) is 0 Å². The molecule has 10 heavy (non-hydrogen) atoms. The Morgan fingerprint density at radius 2 is 2.70 bits per heavy atom. The van der Waals surface area contributed by atoms with Crippen LogP contribution in [0.1, 0.15) is 0 Å². The van der Waals surface area contributed by atoms with Crippen LogP contribution in [-0.4, -0.2) is 37.1 Å². The van der Waals surface area contributed by atoms with Crippen LogP contribution >= 0.6 is 0 Å². The predicted octanol–water partition coefficient (Wildman–Crippen LogP) is -1.47. The molecule has 44 valence electrons. The Balaban J connectivity index is 2.52. The topological polar surface area (TPSA) is 17.8 Å². The van der Waals surface area contributed by atoms with Crippen molar-refractivity contribution >= 4 is 33.0 Å². The van der Waals surface area contributed by atoms with Crippen LogP contribution in [0.25, 0.3) is 0 Å². The van der Waals surface area contributed by atoms with Gasteiger partial charge in [-0.3, -0.25) is 0 Å². The molecule has 0 spiro atoms. The van der Waals surface area contributed by atoms with Crippen LogP contribution in [0.3, 0.4) is 0 Å². The van der Waals surface area contributed by atoms with Gasteiger partial charge in [-0.1, -0.05) is 0 Å². The van der Waals surface area contributed by atoms with E-state index in [4.69, 9.17) is 7.74 Å². The van der Waals surface area contributed by atoms with Crippen molar-refractivity contribution in [2.24, 2.45) is 0 Å². The first-order chi connectivity index (χ1) is 4.88. The van der Waals surface area contributed by atoms with Crippen LogP contribution in [0.4, 0.5) is 0 Å². The van der Waals surface area contributed by atoms with Crippen molar-refractivity contribution in [1.82, 2.24) is 9.69 Å². The van der Waals surface area contributed by atoms with Crippen LogP contribution in [0.5, 0.6) is 0 Å². The molecule has 2 nitrogen and oxygen atoms in total. The fourth-order valence-corrected chi connectivity index (χ4v) is 1.16. The van der Waals surface area contributed by atoms with Gasteiger partial charge in [-0.15, -0.1) is 0 Å². The fraction of sp³-hybridized carbons (Fsp3) is 0.200. The molecule has 0 fully saturated rings. The van der Waals surface area contributed by atoms with Crippen molar-refractivity contribution in [1.29, 1.82) is 0 Å². The molecule has 0 saturated heterocycles. The fourth-order valence-electron chi connectivity index (χ4n) is 1.16. The second-order valence-electron chi connectivity index (χ2n) is 2.41. The van der Waals surface area contributed by atoms with Crippen molar-refractivity contribution in [3.05, 3.63) is 12.3 Å². The second-order valence-corrected chi connectivity index (χ2v) is 2.41. The van der Waals surface area contributed by atoms with Gasteiger partial charge < -0.3 is 0 Å². The first kappa shape index (κ1) is 6.02. The van der Waals surface area contributed by atoms with Gasteiger partial charge in [0.05, 0.1) is 0 Å². The van der Waals surface area contributed by atoms with Crippen LogP contribution in [0, 0.1) is 0 Å². The van der Waals surface area contributed by atoms with E-state index in [9.17, 15) is 0 Å². The zero-order valence-electron chi connectivity index (χ0n) is 5.57. The molecule has 0 amide bonds. The van der Waals surface area contributed by atoms with Crippen molar-refractivity contribution < 1.29 is 0 Å². The van der Waals surface area contributed by atoms with Gasteiger partial charge in [-0.2, -0.15) is 0 Å². The third-order valence-electron chi connectivity index (χ3n) is 1.68. The molecule has 1 aromatic rings. The van der Waals surface area contributed by atoms with Crippen LogP contribution in [0.2, 0.25) is 6.32 Å². The monoisotopic (exact) mass is 126 g/mol. The van der Waals surface area contributed by atoms with Crippen LogP contribution in [0.15, 0.2) is 12.3 Å². The van der Waals surface area contributed by atoms with Crippen LogP contribution in [-0.2, 0) is 0 Å². The zero-order valence-corrected chi connectivity index (χ0v) is 5.57. The molecule has 0 saturated carbocycles. The summed E-state index contributed by atoms with van der Waals surface area (Å²) < 4.78 is 1.83. The van der Waals surface area contributed by atoms with Gasteiger partial charge >= 0.3 is 61.2 Å². The SMILES string of the molecule is [B]B1CC=Bc2ccnn21. The van der Waals surface area contributed by atoms with E-state index in [2.05, 4.69) is 11.1 Å². The standard InChI is InChI=1S/C5H5B3N2/c6-8-3-2-7-5-1-4-9-10(5)8/h1-2,4H,3H2. The van der Waals surface area contributed by atoms with E-state index >= 15 is 0 Å². The van der Waals surface area contributed by atoms with Crippen LogP contribution < -0.4 is 5.59 Å². The summed E-state index contributed by atoms with van der Waals surface area (Å²) >= 11 is 0. The number of hydrogen-bond donors (Lipinski definition) is 0. The first-order valence-corrected chi connectivity index (χ1v) is 3.33. The van der Waals surface area contributed by atoms with Gasteiger partial charge in [0.25, 0.3) is 0 Å². The van der Waals surface area contributed by atoms with Gasteiger partial charge in [0.15, 0.2) is 0 Å². The number of fused-ring (bicyclic) bond motifs is 1. The Morgan fingerprint density at radius 3 is 3.50 bits per heavy atom. The first-order valence-electron chi connectivity index (χ1n) is 3.33. The molecule has 0 bridgehead atoms. The van der Waals surface area contributed by atoms with Gasteiger partial charge in [-0.25, -0.2) is 0 Å². The van der Waals surface area contributed by atoms with E-state index in [1.54, 1.807) is 6.20 Å². The third-order valence-corrected chi connectivity index (χ3v) is 1.68. The summed E-state index contributed by atoms with van der Waals surface area (Å²) in [4.78, 5) is 0. The molecule has 1 aliphatic heterocycles. The Kier molecular flexibility index (Phi) is 1.29. The maximum absolute atomic E-state index is 5.74. The summed E-state index contributed by atoms with van der Waals surface area (Å²) in [5.74, 6) is 2.07. The molecule has 5 heteroatoms. The Hall–Kier alpha value is -0.725. The molecule has 2 heterocycles. The molecule has 0 atom stereocenters. The average molecular weight is 126 g/mol. The summed E-state index contributed by atoms with van der Waals surface area (Å²) in [5.41, 5.74) is 1.10. The van der Waals surface area contributed by atoms with E-state index < -0.39 is 0 Å². The molecule has 0 aromatic carbocycles. The van der Waals surface area contributed by atoms with E-state index in [1.165, 1.54) is 0 Å². The Morgan fingerprint density at radius 1 is 1.80 bits per heavy atom. The van der Waals surface area contributed by atoms with E-state index in [0.717, 1.165) is 11.9 Å². The minimum absolute atomic E-state index is 0.0370. The molecule has 1 aromatic heterocycles. The maximum atomic E-state index is 5.74. The summed E-state index contributed by atoms with van der Waals surface area (Å²) in [6.07, 6.45) is 2.65. The zero-order chi connectivity index (χ0) is 6.97.